The number of nitrogens with zero attached hydrogens (tertiary/aromatic N) is 1. The van der Waals surface area contributed by atoms with Crippen molar-refractivity contribution in [3.05, 3.63) is 57.8 Å². The van der Waals surface area contributed by atoms with E-state index in [1.165, 1.54) is 25.5 Å². The summed E-state index contributed by atoms with van der Waals surface area (Å²) in [5, 5.41) is 3.86. The Bertz CT molecular complexity index is 748. The molecular weight excluding hydrogens is 379 g/mol. The molecule has 0 bridgehead atoms. The molecule has 0 aliphatic carbocycles. The third kappa shape index (κ3) is 4.55. The highest BCUT2D eigenvalue weighted by Crippen LogP contribution is 2.36. The molecule has 0 radical (unpaired) electrons. The maximum Gasteiger partial charge on any atom is 0.271 e. The number of hydrogen-bond donors (Lipinski definition) is 1. The second-order valence-corrected chi connectivity index (χ2v) is 5.53. The molecule has 0 saturated carbocycles. The minimum Gasteiger partial charge on any atom is -0.493 e. The van der Waals surface area contributed by atoms with Crippen LogP contribution in [0.4, 0.5) is 4.39 Å². The number of hydrazone groups is 1. The van der Waals surface area contributed by atoms with E-state index in [4.69, 9.17) is 9.47 Å². The first-order valence-electron chi connectivity index (χ1n) is 7.14. The summed E-state index contributed by atoms with van der Waals surface area (Å²) >= 11 is 3.36. The number of rotatable bonds is 6. The molecule has 2 aromatic carbocycles. The summed E-state index contributed by atoms with van der Waals surface area (Å²) in [5.74, 6) is 0.239. The predicted octanol–water partition coefficient (Wildman–Crippen LogP) is 3.76. The lowest BCUT2D eigenvalue weighted by Crippen LogP contribution is -2.18. The van der Waals surface area contributed by atoms with Crippen LogP contribution in [0.3, 0.4) is 0 Å². The van der Waals surface area contributed by atoms with Gasteiger partial charge in [-0.3, -0.25) is 4.79 Å². The maximum absolute atomic E-state index is 12.8. The molecule has 2 aromatic rings. The number of carbonyl (C=O) groups excluding carboxylic acids is 1. The Morgan fingerprint density at radius 2 is 2.04 bits per heavy atom. The maximum atomic E-state index is 12.8. The van der Waals surface area contributed by atoms with Gasteiger partial charge in [-0.25, -0.2) is 9.82 Å². The number of carbonyl (C=O) groups is 1. The molecule has 0 spiro atoms. The number of hydrogen-bond acceptors (Lipinski definition) is 4. The zero-order chi connectivity index (χ0) is 17.5. The molecule has 0 saturated heterocycles. The standard InChI is InChI=1S/C17H16BrFN2O3/c1-3-24-16-14(18)8-12(9-15(16)23-2)17(22)21-20-10-11-4-6-13(19)7-5-11/h4-10H,3H2,1-2H3,(H,21,22)/b20-10-. The zero-order valence-corrected chi connectivity index (χ0v) is 14.8. The summed E-state index contributed by atoms with van der Waals surface area (Å²) in [6.07, 6.45) is 1.43. The van der Waals surface area contributed by atoms with Gasteiger partial charge in [0.15, 0.2) is 11.5 Å². The molecule has 2 rings (SSSR count). The fraction of sp³-hybridized carbons (Fsp3) is 0.176. The second-order valence-electron chi connectivity index (χ2n) is 4.67. The first-order valence-corrected chi connectivity index (χ1v) is 7.93. The van der Waals surface area contributed by atoms with Crippen LogP contribution >= 0.6 is 15.9 Å². The quantitative estimate of drug-likeness (QED) is 0.599. The molecule has 1 N–H and O–H groups in total. The molecular formula is C17H16BrFN2O3. The van der Waals surface area contributed by atoms with Crippen LogP contribution in [0.15, 0.2) is 46.0 Å². The lowest BCUT2D eigenvalue weighted by molar-refractivity contribution is 0.0954. The van der Waals surface area contributed by atoms with Gasteiger partial charge in [0.05, 0.1) is 24.4 Å². The van der Waals surface area contributed by atoms with E-state index in [0.717, 1.165) is 0 Å². The second kappa shape index (κ2) is 8.44. The molecule has 0 fully saturated rings. The van der Waals surface area contributed by atoms with E-state index in [1.54, 1.807) is 24.3 Å². The largest absolute Gasteiger partial charge is 0.493 e. The average Bonchev–Trinajstić information content (AvgIpc) is 2.58. The average molecular weight is 395 g/mol. The van der Waals surface area contributed by atoms with Crippen LogP contribution in [0.25, 0.3) is 0 Å². The van der Waals surface area contributed by atoms with Gasteiger partial charge >= 0.3 is 0 Å². The molecule has 0 atom stereocenters. The SMILES string of the molecule is CCOc1c(Br)cc(C(=O)N/N=C\c2ccc(F)cc2)cc1OC. The third-order valence-corrected chi connectivity index (χ3v) is 3.62. The van der Waals surface area contributed by atoms with Crippen molar-refractivity contribution in [3.63, 3.8) is 0 Å². The van der Waals surface area contributed by atoms with Gasteiger partial charge in [0.1, 0.15) is 5.82 Å². The van der Waals surface area contributed by atoms with Crippen molar-refractivity contribution in [2.75, 3.05) is 13.7 Å². The van der Waals surface area contributed by atoms with Gasteiger partial charge in [-0.2, -0.15) is 5.10 Å². The first kappa shape index (κ1) is 17.9. The molecule has 0 heterocycles. The molecule has 0 aromatic heterocycles. The Balaban J connectivity index is 2.12. The van der Waals surface area contributed by atoms with Gasteiger partial charge in [-0.1, -0.05) is 12.1 Å². The molecule has 1 amide bonds. The predicted molar refractivity (Wildman–Crippen MR) is 93.3 cm³/mol. The highest BCUT2D eigenvalue weighted by molar-refractivity contribution is 9.10. The van der Waals surface area contributed by atoms with Crippen molar-refractivity contribution in [1.29, 1.82) is 0 Å². The lowest BCUT2D eigenvalue weighted by atomic mass is 10.2. The van der Waals surface area contributed by atoms with Crippen LogP contribution < -0.4 is 14.9 Å². The van der Waals surface area contributed by atoms with E-state index >= 15 is 0 Å². The van der Waals surface area contributed by atoms with Crippen molar-refractivity contribution in [2.24, 2.45) is 5.10 Å². The number of halogens is 2. The summed E-state index contributed by atoms with van der Waals surface area (Å²) in [5.41, 5.74) is 3.44. The van der Waals surface area contributed by atoms with Crippen molar-refractivity contribution in [1.82, 2.24) is 5.43 Å². The van der Waals surface area contributed by atoms with Gasteiger partial charge < -0.3 is 9.47 Å². The van der Waals surface area contributed by atoms with Crippen LogP contribution in [-0.2, 0) is 0 Å². The van der Waals surface area contributed by atoms with E-state index in [2.05, 4.69) is 26.5 Å². The number of nitrogens with one attached hydrogen (secondary N) is 1. The van der Waals surface area contributed by atoms with Crippen molar-refractivity contribution in [2.45, 2.75) is 6.92 Å². The first-order chi connectivity index (χ1) is 11.5. The Labute approximate surface area is 147 Å². The molecule has 0 aliphatic rings. The van der Waals surface area contributed by atoms with Gasteiger partial charge in [0, 0.05) is 5.56 Å². The van der Waals surface area contributed by atoms with Gasteiger partial charge in [-0.05, 0) is 52.7 Å². The van der Waals surface area contributed by atoms with Crippen LogP contribution in [0.5, 0.6) is 11.5 Å². The van der Waals surface area contributed by atoms with Crippen molar-refractivity contribution in [3.8, 4) is 11.5 Å². The summed E-state index contributed by atoms with van der Waals surface area (Å²) in [4.78, 5) is 12.2. The number of benzene rings is 2. The Morgan fingerprint density at radius 1 is 1.33 bits per heavy atom. The summed E-state index contributed by atoms with van der Waals surface area (Å²) in [6, 6.07) is 8.94. The van der Waals surface area contributed by atoms with Crippen LogP contribution in [0.2, 0.25) is 0 Å². The summed E-state index contributed by atoms with van der Waals surface area (Å²) < 4.78 is 24.1. The topological polar surface area (TPSA) is 59.9 Å². The zero-order valence-electron chi connectivity index (χ0n) is 13.2. The summed E-state index contributed by atoms with van der Waals surface area (Å²) in [7, 11) is 1.50. The van der Waals surface area contributed by atoms with E-state index < -0.39 is 5.91 Å². The smallest absolute Gasteiger partial charge is 0.271 e. The Hall–Kier alpha value is -2.41. The lowest BCUT2D eigenvalue weighted by Gasteiger charge is -2.12. The number of ether oxygens (including phenoxy) is 2. The molecule has 0 unspecified atom stereocenters. The van der Waals surface area contributed by atoms with Crippen molar-refractivity contribution >= 4 is 28.1 Å². The van der Waals surface area contributed by atoms with E-state index in [1.807, 2.05) is 6.92 Å². The van der Waals surface area contributed by atoms with Crippen LogP contribution in [0, 0.1) is 5.82 Å². The monoisotopic (exact) mass is 394 g/mol. The fourth-order valence-corrected chi connectivity index (χ4v) is 2.47. The Kier molecular flexibility index (Phi) is 6.31. The minimum atomic E-state index is -0.407. The van der Waals surface area contributed by atoms with Gasteiger partial charge in [-0.15, -0.1) is 0 Å². The van der Waals surface area contributed by atoms with Crippen LogP contribution in [-0.4, -0.2) is 25.8 Å². The molecule has 7 heteroatoms. The van der Waals surface area contributed by atoms with Gasteiger partial charge in [0.25, 0.3) is 5.91 Å². The highest BCUT2D eigenvalue weighted by atomic mass is 79.9. The normalized spacial score (nSPS) is 10.7. The number of methoxy groups -OCH3 is 1. The van der Waals surface area contributed by atoms with Crippen molar-refractivity contribution < 1.29 is 18.7 Å². The van der Waals surface area contributed by atoms with Crippen LogP contribution in [0.1, 0.15) is 22.8 Å². The highest BCUT2D eigenvalue weighted by Gasteiger charge is 2.15. The Morgan fingerprint density at radius 3 is 2.67 bits per heavy atom. The van der Waals surface area contributed by atoms with E-state index in [0.29, 0.717) is 33.7 Å². The molecule has 0 aliphatic heterocycles. The number of amides is 1. The van der Waals surface area contributed by atoms with E-state index in [-0.39, 0.29) is 5.82 Å². The summed E-state index contributed by atoms with van der Waals surface area (Å²) in [6.45, 7) is 2.33. The van der Waals surface area contributed by atoms with Gasteiger partial charge in [0.2, 0.25) is 0 Å². The molecule has 126 valence electrons. The molecule has 24 heavy (non-hydrogen) atoms. The van der Waals surface area contributed by atoms with E-state index in [9.17, 15) is 9.18 Å². The molecule has 5 nitrogen and oxygen atoms in total. The minimum absolute atomic E-state index is 0.331. The fourth-order valence-electron chi connectivity index (χ4n) is 1.91. The third-order valence-electron chi connectivity index (χ3n) is 3.03.